The second-order valence-corrected chi connectivity index (χ2v) is 11.5. The first-order valence-corrected chi connectivity index (χ1v) is 13.8. The molecule has 3 atom stereocenters. The van der Waals surface area contributed by atoms with Gasteiger partial charge in [0.25, 0.3) is 5.91 Å². The van der Waals surface area contributed by atoms with Gasteiger partial charge in [0.05, 0.1) is 5.56 Å². The number of aliphatic hydroxyl groups is 3. The monoisotopic (exact) mass is 604 g/mol. The van der Waals surface area contributed by atoms with E-state index in [9.17, 15) is 44.4 Å². The molecule has 230 valence electrons. The molecule has 2 aromatic rings. The van der Waals surface area contributed by atoms with Gasteiger partial charge in [-0.2, -0.15) is 0 Å². The van der Waals surface area contributed by atoms with E-state index in [1.54, 1.807) is 49.3 Å². The maximum atomic E-state index is 13.8. The summed E-state index contributed by atoms with van der Waals surface area (Å²) >= 11 is 0. The van der Waals surface area contributed by atoms with Crippen LogP contribution in [0.3, 0.4) is 0 Å². The molecule has 0 unspecified atom stereocenters. The number of carbonyl (C=O) groups is 5. The van der Waals surface area contributed by atoms with Crippen molar-refractivity contribution in [3.8, 4) is 5.75 Å². The van der Waals surface area contributed by atoms with E-state index < -0.39 is 70.2 Å². The molecule has 0 aliphatic heterocycles. The minimum Gasteiger partial charge on any atom is -0.508 e. The number of aromatic hydroxyl groups is 1. The Morgan fingerprint density at radius 2 is 1.73 bits per heavy atom. The van der Waals surface area contributed by atoms with Crippen molar-refractivity contribution in [3.63, 3.8) is 0 Å². The number of primary amides is 1. The molecule has 3 aliphatic rings. The quantitative estimate of drug-likeness (QED) is 0.188. The van der Waals surface area contributed by atoms with Crippen molar-refractivity contribution in [2.75, 3.05) is 24.3 Å². The van der Waals surface area contributed by atoms with Crippen molar-refractivity contribution in [1.29, 1.82) is 0 Å². The van der Waals surface area contributed by atoms with Crippen molar-refractivity contribution in [3.05, 3.63) is 69.5 Å². The second kappa shape index (κ2) is 10.8. The van der Waals surface area contributed by atoms with E-state index in [4.69, 9.17) is 5.73 Å². The maximum absolute atomic E-state index is 13.8. The Balaban J connectivity index is 1.50. The highest BCUT2D eigenvalue weighted by atomic mass is 16.3. The summed E-state index contributed by atoms with van der Waals surface area (Å²) in [7, 11) is 3.49. The molecule has 2 aromatic carbocycles. The van der Waals surface area contributed by atoms with E-state index >= 15 is 0 Å². The molecule has 13 nitrogen and oxygen atoms in total. The number of fused-ring (bicyclic) bond motifs is 3. The first-order valence-electron chi connectivity index (χ1n) is 13.8. The number of ketones is 3. The van der Waals surface area contributed by atoms with E-state index in [2.05, 4.69) is 10.6 Å². The lowest BCUT2D eigenvalue weighted by molar-refractivity contribution is -0.147. The van der Waals surface area contributed by atoms with Gasteiger partial charge >= 0.3 is 6.03 Å². The summed E-state index contributed by atoms with van der Waals surface area (Å²) in [6, 6.07) is 7.31. The van der Waals surface area contributed by atoms with Gasteiger partial charge in [0.15, 0.2) is 17.2 Å². The normalized spacial score (nSPS) is 22.5. The van der Waals surface area contributed by atoms with Crippen LogP contribution in [0.2, 0.25) is 0 Å². The van der Waals surface area contributed by atoms with E-state index in [1.807, 2.05) is 0 Å². The smallest absolute Gasteiger partial charge is 0.319 e. The third kappa shape index (κ3) is 4.74. The lowest BCUT2D eigenvalue weighted by atomic mass is 9.59. The molecule has 0 spiro atoms. The molecule has 1 saturated carbocycles. The Hall–Kier alpha value is -5.17. The average Bonchev–Trinajstić information content (AvgIpc) is 2.94. The highest BCUT2D eigenvalue weighted by molar-refractivity contribution is 6.22. The van der Waals surface area contributed by atoms with E-state index in [0.29, 0.717) is 22.5 Å². The number of anilines is 2. The maximum Gasteiger partial charge on any atom is 0.319 e. The van der Waals surface area contributed by atoms with Gasteiger partial charge in [-0.25, -0.2) is 4.79 Å². The summed E-state index contributed by atoms with van der Waals surface area (Å²) in [5, 5.41) is 50.3. The Labute approximate surface area is 251 Å². The van der Waals surface area contributed by atoms with Gasteiger partial charge in [-0.05, 0) is 61.6 Å². The Kier molecular flexibility index (Phi) is 7.46. The lowest BCUT2D eigenvalue weighted by Gasteiger charge is -2.46. The number of nitrogens with zero attached hydrogens (tertiary/aromatic N) is 1. The topological polar surface area (TPSA) is 220 Å². The molecule has 3 aliphatic carbocycles. The van der Waals surface area contributed by atoms with Crippen LogP contribution in [-0.2, 0) is 27.3 Å². The van der Waals surface area contributed by atoms with Crippen molar-refractivity contribution in [2.45, 2.75) is 38.3 Å². The first-order chi connectivity index (χ1) is 20.7. The molecule has 0 aromatic heterocycles. The molecule has 0 bridgehead atoms. The van der Waals surface area contributed by atoms with Gasteiger partial charge in [0.1, 0.15) is 22.8 Å². The van der Waals surface area contributed by atoms with Crippen molar-refractivity contribution in [1.82, 2.24) is 5.32 Å². The molecule has 8 N–H and O–H groups in total. The van der Waals surface area contributed by atoms with Crippen LogP contribution in [0.1, 0.15) is 46.8 Å². The number of phenolic OH excluding ortho intramolecular Hbond substituents is 1. The highest BCUT2D eigenvalue weighted by Crippen LogP contribution is 2.53. The van der Waals surface area contributed by atoms with E-state index in [-0.39, 0.29) is 41.9 Å². The summed E-state index contributed by atoms with van der Waals surface area (Å²) in [5.74, 6) is -7.17. The van der Waals surface area contributed by atoms with Gasteiger partial charge < -0.3 is 41.7 Å². The number of urea groups is 1. The van der Waals surface area contributed by atoms with Crippen molar-refractivity contribution in [2.24, 2.45) is 17.6 Å². The molecule has 5 rings (SSSR count). The fourth-order valence-electron chi connectivity index (χ4n) is 6.40. The van der Waals surface area contributed by atoms with Gasteiger partial charge in [0.2, 0.25) is 5.78 Å². The predicted molar refractivity (Wildman–Crippen MR) is 158 cm³/mol. The Morgan fingerprint density at radius 3 is 2.32 bits per heavy atom. The van der Waals surface area contributed by atoms with Crippen molar-refractivity contribution >= 4 is 46.4 Å². The lowest BCUT2D eigenvalue weighted by Crippen LogP contribution is -2.58. The number of amides is 3. The number of rotatable bonds is 6. The SMILES string of the molecule is CC(=O)c1ccc(NC(=O)NCc2cc(N(C)C)c3c(c2O)C(O)=C2C(=O)[C@]4(O)C(O)=C(C(N)=O)C(=O)C[C@@H]4C[C@@H]2C3)cc1. The standard InChI is InChI=1S/C31H32N4O9/c1-13(36)14-4-6-18(7-5-14)34-30(43)33-12-16-10-20(35(2)3)19-9-15-8-17-11-21(37)24(29(32)42)28(41)31(17,44)27(40)22(15)26(39)23(19)25(16)38/h4-7,10,15,17,38-39,41,44H,8-9,11-12H2,1-3H3,(H2,32,42)(H2,33,34,43)/t15-,17+,31+/m1/s1. The molecule has 0 heterocycles. The summed E-state index contributed by atoms with van der Waals surface area (Å²) < 4.78 is 0. The van der Waals surface area contributed by atoms with Crippen LogP contribution in [0.15, 0.2) is 47.2 Å². The number of aliphatic hydroxyl groups excluding tert-OH is 2. The molecular weight excluding hydrogens is 572 g/mol. The number of nitrogens with two attached hydrogens (primary N) is 1. The number of phenols is 1. The number of Topliss-reactive ketones (excluding diaryl/α,β-unsaturated/α-hetero) is 3. The fraction of sp³-hybridized carbons (Fsp3) is 0.323. The first kappa shape index (κ1) is 30.3. The number of benzene rings is 2. The summed E-state index contributed by atoms with van der Waals surface area (Å²) in [6.07, 6.45) is -0.228. The van der Waals surface area contributed by atoms with Crippen molar-refractivity contribution < 1.29 is 44.4 Å². The van der Waals surface area contributed by atoms with Gasteiger partial charge in [-0.1, -0.05) is 0 Å². The van der Waals surface area contributed by atoms with Crippen LogP contribution in [0.4, 0.5) is 16.2 Å². The average molecular weight is 605 g/mol. The van der Waals surface area contributed by atoms with E-state index in [0.717, 1.165) is 0 Å². The molecular formula is C31H32N4O9. The number of hydrogen-bond donors (Lipinski definition) is 7. The van der Waals surface area contributed by atoms with Gasteiger partial charge in [-0.15, -0.1) is 0 Å². The van der Waals surface area contributed by atoms with Crippen LogP contribution in [-0.4, -0.2) is 69.4 Å². The number of nitrogens with one attached hydrogen (secondary N) is 2. The molecule has 0 saturated heterocycles. The van der Waals surface area contributed by atoms with Crippen LogP contribution < -0.4 is 21.3 Å². The van der Waals surface area contributed by atoms with Crippen LogP contribution >= 0.6 is 0 Å². The Morgan fingerprint density at radius 1 is 1.07 bits per heavy atom. The zero-order valence-electron chi connectivity index (χ0n) is 24.2. The number of hydrogen-bond acceptors (Lipinski definition) is 10. The van der Waals surface area contributed by atoms with Crippen LogP contribution in [0, 0.1) is 11.8 Å². The molecule has 3 amide bonds. The molecule has 44 heavy (non-hydrogen) atoms. The highest BCUT2D eigenvalue weighted by Gasteiger charge is 2.60. The third-order valence-corrected chi connectivity index (χ3v) is 8.59. The summed E-state index contributed by atoms with van der Waals surface area (Å²) in [5.41, 5.74) is 3.63. The summed E-state index contributed by atoms with van der Waals surface area (Å²) in [4.78, 5) is 64.1. The second-order valence-electron chi connectivity index (χ2n) is 11.5. The minimum atomic E-state index is -2.66. The molecule has 13 heteroatoms. The van der Waals surface area contributed by atoms with E-state index in [1.165, 1.54) is 6.92 Å². The largest absolute Gasteiger partial charge is 0.508 e. The fourth-order valence-corrected chi connectivity index (χ4v) is 6.40. The third-order valence-electron chi connectivity index (χ3n) is 8.59. The summed E-state index contributed by atoms with van der Waals surface area (Å²) in [6.45, 7) is 1.24. The van der Waals surface area contributed by atoms with Crippen LogP contribution in [0.5, 0.6) is 5.75 Å². The zero-order valence-corrected chi connectivity index (χ0v) is 24.2. The Bertz CT molecular complexity index is 1710. The molecule has 0 radical (unpaired) electrons. The predicted octanol–water partition coefficient (Wildman–Crippen LogP) is 2.01. The van der Waals surface area contributed by atoms with Gasteiger partial charge in [-0.3, -0.25) is 19.2 Å². The van der Waals surface area contributed by atoms with Gasteiger partial charge in [0, 0.05) is 61.1 Å². The molecule has 1 fully saturated rings. The van der Waals surface area contributed by atoms with Crippen LogP contribution in [0.25, 0.3) is 5.76 Å². The number of carbonyl (C=O) groups excluding carboxylic acids is 5. The zero-order chi connectivity index (χ0) is 32.2. The minimum absolute atomic E-state index is 0.0212.